The van der Waals surface area contributed by atoms with Gasteiger partial charge in [0.15, 0.2) is 0 Å². The first-order valence-electron chi connectivity index (χ1n) is 7.81. The zero-order valence-corrected chi connectivity index (χ0v) is 13.6. The fourth-order valence-corrected chi connectivity index (χ4v) is 3.79. The first-order valence-corrected chi connectivity index (χ1v) is 8.80. The van der Waals surface area contributed by atoms with Gasteiger partial charge < -0.3 is 4.90 Å². The molecule has 1 aromatic heterocycles. The molecule has 3 nitrogen and oxygen atoms in total. The van der Waals surface area contributed by atoms with Crippen LogP contribution < -0.4 is 0 Å². The van der Waals surface area contributed by atoms with Crippen molar-refractivity contribution in [1.29, 1.82) is 0 Å². The topological polar surface area (TPSA) is 33.2 Å². The third-order valence-electron chi connectivity index (χ3n) is 4.11. The van der Waals surface area contributed by atoms with Crippen molar-refractivity contribution < 1.29 is 9.18 Å². The van der Waals surface area contributed by atoms with Gasteiger partial charge in [0, 0.05) is 25.0 Å². The largest absolute Gasteiger partial charge is 0.339 e. The first kappa shape index (κ1) is 16.0. The van der Waals surface area contributed by atoms with Crippen LogP contribution in [0, 0.1) is 11.7 Å². The summed E-state index contributed by atoms with van der Waals surface area (Å²) in [5.74, 6) is 0.953. The Hall–Kier alpha value is -1.88. The summed E-state index contributed by atoms with van der Waals surface area (Å²) in [5.41, 5.74) is 0.175. The lowest BCUT2D eigenvalue weighted by atomic mass is 9.98. The van der Waals surface area contributed by atoms with E-state index in [0.29, 0.717) is 19.0 Å². The van der Waals surface area contributed by atoms with Crippen LogP contribution in [0.5, 0.6) is 0 Å². The van der Waals surface area contributed by atoms with Gasteiger partial charge in [0.25, 0.3) is 5.91 Å². The number of hydrogen-bond donors (Lipinski definition) is 0. The van der Waals surface area contributed by atoms with Crippen LogP contribution in [0.2, 0.25) is 0 Å². The summed E-state index contributed by atoms with van der Waals surface area (Å²) < 4.78 is 13.7. The van der Waals surface area contributed by atoms with Crippen LogP contribution in [-0.2, 0) is 0 Å². The van der Waals surface area contributed by atoms with Gasteiger partial charge in [-0.15, -0.1) is 11.8 Å². The molecule has 1 saturated heterocycles. The van der Waals surface area contributed by atoms with Crippen molar-refractivity contribution in [2.75, 3.05) is 18.8 Å². The monoisotopic (exact) mass is 330 g/mol. The van der Waals surface area contributed by atoms with E-state index in [1.807, 2.05) is 18.2 Å². The maximum Gasteiger partial charge on any atom is 0.256 e. The maximum absolute atomic E-state index is 13.7. The molecule has 120 valence electrons. The van der Waals surface area contributed by atoms with Crippen LogP contribution >= 0.6 is 11.8 Å². The molecule has 1 aliphatic rings. The van der Waals surface area contributed by atoms with Crippen LogP contribution in [0.3, 0.4) is 0 Å². The number of amides is 1. The standard InChI is InChI=1S/C18H19FN2OS/c19-16-6-2-1-5-15(16)18(22)21-11-8-14(9-12-21)13-23-17-7-3-4-10-20-17/h1-7,10,14H,8-9,11-13H2. The average Bonchev–Trinajstić information content (AvgIpc) is 2.61. The van der Waals surface area contributed by atoms with Crippen molar-refractivity contribution in [3.8, 4) is 0 Å². The molecule has 0 atom stereocenters. The number of thioether (sulfide) groups is 1. The molecule has 1 amide bonds. The van der Waals surface area contributed by atoms with Gasteiger partial charge in [0.2, 0.25) is 0 Å². The highest BCUT2D eigenvalue weighted by Crippen LogP contribution is 2.26. The number of pyridine rings is 1. The Kier molecular flexibility index (Phi) is 5.28. The Labute approximate surface area is 139 Å². The molecule has 1 fully saturated rings. The molecule has 0 N–H and O–H groups in total. The zero-order valence-electron chi connectivity index (χ0n) is 12.8. The van der Waals surface area contributed by atoms with Gasteiger partial charge in [-0.2, -0.15) is 0 Å². The minimum Gasteiger partial charge on any atom is -0.339 e. The van der Waals surface area contributed by atoms with Gasteiger partial charge in [-0.05, 0) is 43.0 Å². The Morgan fingerprint density at radius 2 is 1.91 bits per heavy atom. The fourth-order valence-electron chi connectivity index (χ4n) is 2.74. The van der Waals surface area contributed by atoms with Gasteiger partial charge in [0.1, 0.15) is 5.82 Å². The maximum atomic E-state index is 13.7. The normalized spacial score (nSPS) is 15.6. The number of carbonyl (C=O) groups is 1. The van der Waals surface area contributed by atoms with Gasteiger partial charge >= 0.3 is 0 Å². The molecular formula is C18H19FN2OS. The first-order chi connectivity index (χ1) is 11.2. The summed E-state index contributed by atoms with van der Waals surface area (Å²) in [4.78, 5) is 18.5. The number of carbonyl (C=O) groups excluding carboxylic acids is 1. The van der Waals surface area contributed by atoms with E-state index in [1.165, 1.54) is 6.07 Å². The zero-order chi connectivity index (χ0) is 16.1. The molecule has 2 aromatic rings. The third kappa shape index (κ3) is 4.10. The molecule has 1 aliphatic heterocycles. The lowest BCUT2D eigenvalue weighted by molar-refractivity contribution is 0.0694. The molecular weight excluding hydrogens is 311 g/mol. The highest BCUT2D eigenvalue weighted by molar-refractivity contribution is 7.99. The van der Waals surface area contributed by atoms with Crippen LogP contribution in [0.1, 0.15) is 23.2 Å². The molecule has 3 rings (SSSR count). The minimum absolute atomic E-state index is 0.175. The summed E-state index contributed by atoms with van der Waals surface area (Å²) >= 11 is 1.76. The van der Waals surface area contributed by atoms with Gasteiger partial charge in [-0.25, -0.2) is 9.37 Å². The molecule has 1 aromatic carbocycles. The van der Waals surface area contributed by atoms with Crippen molar-refractivity contribution in [3.63, 3.8) is 0 Å². The summed E-state index contributed by atoms with van der Waals surface area (Å²) in [6.07, 6.45) is 3.72. The Bertz CT molecular complexity index is 657. The van der Waals surface area contributed by atoms with E-state index in [0.717, 1.165) is 23.6 Å². The molecule has 0 spiro atoms. The number of piperidine rings is 1. The van der Waals surface area contributed by atoms with Crippen LogP contribution in [-0.4, -0.2) is 34.6 Å². The van der Waals surface area contributed by atoms with Crippen molar-refractivity contribution in [3.05, 3.63) is 60.0 Å². The van der Waals surface area contributed by atoms with Crippen molar-refractivity contribution in [2.24, 2.45) is 5.92 Å². The van der Waals surface area contributed by atoms with Crippen molar-refractivity contribution >= 4 is 17.7 Å². The lowest BCUT2D eigenvalue weighted by Crippen LogP contribution is -2.39. The van der Waals surface area contributed by atoms with Crippen LogP contribution in [0.25, 0.3) is 0 Å². The lowest BCUT2D eigenvalue weighted by Gasteiger charge is -2.32. The van der Waals surface area contributed by atoms with Gasteiger partial charge in [-0.3, -0.25) is 4.79 Å². The molecule has 0 radical (unpaired) electrons. The van der Waals surface area contributed by atoms with Crippen molar-refractivity contribution in [2.45, 2.75) is 17.9 Å². The predicted octanol–water partition coefficient (Wildman–Crippen LogP) is 3.87. The van der Waals surface area contributed by atoms with E-state index in [1.54, 1.807) is 41.1 Å². The van der Waals surface area contributed by atoms with Crippen LogP contribution in [0.4, 0.5) is 4.39 Å². The predicted molar refractivity (Wildman–Crippen MR) is 90.0 cm³/mol. The summed E-state index contributed by atoms with van der Waals surface area (Å²) in [6, 6.07) is 12.1. The second-order valence-corrected chi connectivity index (χ2v) is 6.73. The van der Waals surface area contributed by atoms with E-state index < -0.39 is 5.82 Å². The number of hydrogen-bond acceptors (Lipinski definition) is 3. The molecule has 0 unspecified atom stereocenters. The van der Waals surface area contributed by atoms with Gasteiger partial charge in [-0.1, -0.05) is 18.2 Å². The van der Waals surface area contributed by atoms with E-state index >= 15 is 0 Å². The molecule has 0 bridgehead atoms. The minimum atomic E-state index is -0.440. The highest BCUT2D eigenvalue weighted by Gasteiger charge is 2.25. The fraction of sp³-hybridized carbons (Fsp3) is 0.333. The van der Waals surface area contributed by atoms with Crippen LogP contribution in [0.15, 0.2) is 53.7 Å². The number of rotatable bonds is 4. The van der Waals surface area contributed by atoms with E-state index in [2.05, 4.69) is 4.98 Å². The summed E-state index contributed by atoms with van der Waals surface area (Å²) in [6.45, 7) is 1.39. The Morgan fingerprint density at radius 3 is 2.61 bits per heavy atom. The van der Waals surface area contributed by atoms with Crippen molar-refractivity contribution in [1.82, 2.24) is 9.88 Å². The third-order valence-corrected chi connectivity index (χ3v) is 5.29. The molecule has 0 aliphatic carbocycles. The Morgan fingerprint density at radius 1 is 1.17 bits per heavy atom. The molecule has 5 heteroatoms. The molecule has 0 saturated carbocycles. The SMILES string of the molecule is O=C(c1ccccc1F)N1CCC(CSc2ccccn2)CC1. The second-order valence-electron chi connectivity index (χ2n) is 5.69. The second kappa shape index (κ2) is 7.59. The Balaban J connectivity index is 1.50. The number of nitrogens with zero attached hydrogens (tertiary/aromatic N) is 2. The summed E-state index contributed by atoms with van der Waals surface area (Å²) in [5, 5.41) is 1.04. The molecule has 2 heterocycles. The van der Waals surface area contributed by atoms with E-state index in [-0.39, 0.29) is 11.5 Å². The number of aromatic nitrogens is 1. The smallest absolute Gasteiger partial charge is 0.256 e. The van der Waals surface area contributed by atoms with E-state index in [9.17, 15) is 9.18 Å². The van der Waals surface area contributed by atoms with Gasteiger partial charge in [0.05, 0.1) is 10.6 Å². The average molecular weight is 330 g/mol. The summed E-state index contributed by atoms with van der Waals surface area (Å²) in [7, 11) is 0. The highest BCUT2D eigenvalue weighted by atomic mass is 32.2. The quantitative estimate of drug-likeness (QED) is 0.798. The number of benzene rings is 1. The molecule has 23 heavy (non-hydrogen) atoms. The number of likely N-dealkylation sites (tertiary alicyclic amines) is 1. The van der Waals surface area contributed by atoms with E-state index in [4.69, 9.17) is 0 Å². The number of halogens is 1.